The van der Waals surface area contributed by atoms with Gasteiger partial charge in [0.1, 0.15) is 0 Å². The molecular formula is C26H18S2. The van der Waals surface area contributed by atoms with Crippen molar-refractivity contribution in [3.63, 3.8) is 0 Å². The molecule has 2 heteroatoms. The maximum Gasteiger partial charge on any atom is 0.0662 e. The molecule has 134 valence electrons. The quantitative estimate of drug-likeness (QED) is 0.324. The van der Waals surface area contributed by atoms with Crippen molar-refractivity contribution in [1.82, 2.24) is 0 Å². The lowest BCUT2D eigenvalue weighted by atomic mass is 10.1. The van der Waals surface area contributed by atoms with Crippen LogP contribution in [-0.2, 0) is 0 Å². The number of rotatable bonds is 3. The Morgan fingerprint density at radius 1 is 0.357 bits per heavy atom. The molecule has 28 heavy (non-hydrogen) atoms. The number of hydrogen-bond acceptors (Lipinski definition) is 2. The molecule has 4 aromatic carbocycles. The van der Waals surface area contributed by atoms with E-state index >= 15 is 0 Å². The summed E-state index contributed by atoms with van der Waals surface area (Å²) in [5.41, 5.74) is 11.3. The Labute approximate surface area is 173 Å². The fraction of sp³-hybridized carbons (Fsp3) is 0.0769. The van der Waals surface area contributed by atoms with Crippen molar-refractivity contribution in [3.05, 3.63) is 119 Å². The molecule has 0 unspecified atom stereocenters. The smallest absolute Gasteiger partial charge is 0.0662 e. The number of hydrogen-bond donors (Lipinski definition) is 0. The third kappa shape index (κ3) is 2.41. The van der Waals surface area contributed by atoms with Gasteiger partial charge in [0.25, 0.3) is 0 Å². The molecule has 0 N–H and O–H groups in total. The molecule has 0 radical (unpaired) electrons. The Morgan fingerprint density at radius 3 is 0.893 bits per heavy atom. The third-order valence-corrected chi connectivity index (χ3v) is 8.80. The molecule has 2 aliphatic carbocycles. The van der Waals surface area contributed by atoms with Crippen molar-refractivity contribution in [2.24, 2.45) is 0 Å². The first-order valence-corrected chi connectivity index (χ1v) is 11.9. The van der Waals surface area contributed by atoms with Gasteiger partial charge in [-0.3, -0.25) is 0 Å². The Morgan fingerprint density at radius 2 is 0.607 bits per heavy atom. The summed E-state index contributed by atoms with van der Waals surface area (Å²) in [4.78, 5) is 0. The van der Waals surface area contributed by atoms with Crippen LogP contribution in [0.15, 0.2) is 97.1 Å². The highest BCUT2D eigenvalue weighted by Gasteiger charge is 2.33. The summed E-state index contributed by atoms with van der Waals surface area (Å²) >= 11 is 0. The molecule has 0 amide bonds. The summed E-state index contributed by atoms with van der Waals surface area (Å²) in [5, 5.41) is 0.773. The van der Waals surface area contributed by atoms with E-state index in [2.05, 4.69) is 97.1 Å². The maximum absolute atomic E-state index is 2.30. The van der Waals surface area contributed by atoms with Gasteiger partial charge in [0.05, 0.1) is 10.5 Å². The van der Waals surface area contributed by atoms with Crippen molar-refractivity contribution >= 4 is 21.6 Å². The van der Waals surface area contributed by atoms with Crippen molar-refractivity contribution in [2.45, 2.75) is 10.5 Å². The van der Waals surface area contributed by atoms with E-state index in [1.54, 1.807) is 0 Å². The van der Waals surface area contributed by atoms with Gasteiger partial charge in [0.2, 0.25) is 0 Å². The largest absolute Gasteiger partial charge is 0.0800 e. The van der Waals surface area contributed by atoms with Crippen molar-refractivity contribution in [1.29, 1.82) is 0 Å². The monoisotopic (exact) mass is 394 g/mol. The van der Waals surface area contributed by atoms with Gasteiger partial charge in [0, 0.05) is 0 Å². The molecule has 0 heterocycles. The minimum Gasteiger partial charge on any atom is -0.0800 e. The van der Waals surface area contributed by atoms with Gasteiger partial charge in [-0.25, -0.2) is 0 Å². The van der Waals surface area contributed by atoms with Crippen molar-refractivity contribution in [2.75, 3.05) is 0 Å². The molecule has 0 spiro atoms. The molecular weight excluding hydrogens is 376 g/mol. The lowest BCUT2D eigenvalue weighted by Crippen LogP contribution is -1.93. The summed E-state index contributed by atoms with van der Waals surface area (Å²) in [5.74, 6) is 0. The summed E-state index contributed by atoms with van der Waals surface area (Å²) in [6, 6.07) is 35.5. The van der Waals surface area contributed by atoms with E-state index in [0.29, 0.717) is 10.5 Å². The van der Waals surface area contributed by atoms with Gasteiger partial charge in [-0.15, -0.1) is 0 Å². The molecule has 0 aliphatic heterocycles. The highest BCUT2D eigenvalue weighted by Crippen LogP contribution is 2.60. The van der Waals surface area contributed by atoms with Crippen molar-refractivity contribution < 1.29 is 0 Å². The van der Waals surface area contributed by atoms with Crippen LogP contribution in [0, 0.1) is 0 Å². The number of fused-ring (bicyclic) bond motifs is 6. The van der Waals surface area contributed by atoms with Crippen LogP contribution in [0.5, 0.6) is 0 Å². The highest BCUT2D eigenvalue weighted by molar-refractivity contribution is 8.76. The van der Waals surface area contributed by atoms with Gasteiger partial charge >= 0.3 is 0 Å². The SMILES string of the molecule is c1ccc2c(c1)-c1ccccc1C2SSC1c2ccccc2-c2ccccc21. The van der Waals surface area contributed by atoms with Crippen LogP contribution in [0.4, 0.5) is 0 Å². The molecule has 0 saturated heterocycles. The van der Waals surface area contributed by atoms with Crippen LogP contribution >= 0.6 is 21.6 Å². The van der Waals surface area contributed by atoms with Gasteiger partial charge in [0.15, 0.2) is 0 Å². The molecule has 0 saturated carbocycles. The fourth-order valence-corrected chi connectivity index (χ4v) is 7.91. The van der Waals surface area contributed by atoms with E-state index < -0.39 is 0 Å². The van der Waals surface area contributed by atoms with Crippen LogP contribution in [0.25, 0.3) is 22.3 Å². The molecule has 0 fully saturated rings. The van der Waals surface area contributed by atoms with Gasteiger partial charge in [-0.05, 0) is 44.5 Å². The predicted octanol–water partition coefficient (Wildman–Crippen LogP) is 7.91. The Kier molecular flexibility index (Phi) is 3.88. The molecule has 0 aromatic heterocycles. The van der Waals surface area contributed by atoms with E-state index in [9.17, 15) is 0 Å². The molecule has 0 bridgehead atoms. The molecule has 2 aliphatic rings. The first-order chi connectivity index (χ1) is 13.9. The average molecular weight is 395 g/mol. The second-order valence-corrected chi connectivity index (χ2v) is 9.78. The second-order valence-electron chi connectivity index (χ2n) is 7.30. The molecule has 0 atom stereocenters. The zero-order valence-electron chi connectivity index (χ0n) is 15.2. The van der Waals surface area contributed by atoms with Gasteiger partial charge in [-0.1, -0.05) is 119 Å². The zero-order chi connectivity index (χ0) is 18.5. The highest BCUT2D eigenvalue weighted by atomic mass is 33.1. The van der Waals surface area contributed by atoms with E-state index in [4.69, 9.17) is 0 Å². The van der Waals surface area contributed by atoms with Crippen LogP contribution in [0.3, 0.4) is 0 Å². The minimum absolute atomic E-state index is 0.386. The van der Waals surface area contributed by atoms with Gasteiger partial charge < -0.3 is 0 Å². The fourth-order valence-electron chi connectivity index (χ4n) is 4.54. The van der Waals surface area contributed by atoms with Crippen LogP contribution in [0.2, 0.25) is 0 Å². The summed E-state index contributed by atoms with van der Waals surface area (Å²) in [6.07, 6.45) is 0. The number of benzene rings is 4. The van der Waals surface area contributed by atoms with Crippen LogP contribution in [-0.4, -0.2) is 0 Å². The van der Waals surface area contributed by atoms with Crippen LogP contribution in [0.1, 0.15) is 32.8 Å². The first-order valence-electron chi connectivity index (χ1n) is 9.60. The maximum atomic E-state index is 2.30. The Balaban J connectivity index is 1.38. The summed E-state index contributed by atoms with van der Waals surface area (Å²) in [7, 11) is 4.02. The summed E-state index contributed by atoms with van der Waals surface area (Å²) in [6.45, 7) is 0. The van der Waals surface area contributed by atoms with E-state index in [1.807, 2.05) is 21.6 Å². The standard InChI is InChI=1S/C26H18S2/c1-5-13-21-17(9-1)18-10-2-6-14-22(18)25(21)27-28-26-23-15-7-3-11-19(23)20-12-4-8-16-24(20)26/h1-16,25-26H. The molecule has 4 aromatic rings. The average Bonchev–Trinajstić information content (AvgIpc) is 3.26. The van der Waals surface area contributed by atoms with Crippen molar-refractivity contribution in [3.8, 4) is 22.3 Å². The zero-order valence-corrected chi connectivity index (χ0v) is 16.8. The minimum atomic E-state index is 0.386. The molecule has 0 nitrogen and oxygen atoms in total. The lowest BCUT2D eigenvalue weighted by molar-refractivity contribution is 1.22. The lowest BCUT2D eigenvalue weighted by Gasteiger charge is -2.17. The second kappa shape index (κ2) is 6.58. The van der Waals surface area contributed by atoms with E-state index in [-0.39, 0.29) is 0 Å². The third-order valence-electron chi connectivity index (χ3n) is 5.80. The Hall–Kier alpha value is -2.42. The van der Waals surface area contributed by atoms with E-state index in [0.717, 1.165) is 0 Å². The molecule has 6 rings (SSSR count). The summed E-state index contributed by atoms with van der Waals surface area (Å²) < 4.78 is 0. The first kappa shape index (κ1) is 16.5. The van der Waals surface area contributed by atoms with E-state index in [1.165, 1.54) is 44.5 Å². The Bertz CT molecular complexity index is 1010. The topological polar surface area (TPSA) is 0 Å². The normalized spacial score (nSPS) is 14.4. The van der Waals surface area contributed by atoms with Gasteiger partial charge in [-0.2, -0.15) is 0 Å². The predicted molar refractivity (Wildman–Crippen MR) is 123 cm³/mol. The van der Waals surface area contributed by atoms with Crippen LogP contribution < -0.4 is 0 Å².